The van der Waals surface area contributed by atoms with Crippen molar-refractivity contribution >= 4 is 28.9 Å². The molecule has 6 heteroatoms. The molecule has 0 bridgehead atoms. The third kappa shape index (κ3) is 3.03. The van der Waals surface area contributed by atoms with Crippen molar-refractivity contribution in [2.75, 3.05) is 5.32 Å². The fourth-order valence-electron chi connectivity index (χ4n) is 2.02. The third-order valence-electron chi connectivity index (χ3n) is 2.93. The molecule has 0 aliphatic heterocycles. The molecular formula is C14H16N4OS. The number of carbonyl (C=O) groups excluding carboxylic acids is 1. The molecule has 1 unspecified atom stereocenters. The summed E-state index contributed by atoms with van der Waals surface area (Å²) in [5.41, 5.74) is 7.32. The van der Waals surface area contributed by atoms with E-state index in [1.807, 2.05) is 37.3 Å². The van der Waals surface area contributed by atoms with Gasteiger partial charge in [0.05, 0.1) is 10.7 Å². The minimum absolute atomic E-state index is 0.146. The van der Waals surface area contributed by atoms with Gasteiger partial charge in [-0.1, -0.05) is 42.5 Å². The van der Waals surface area contributed by atoms with E-state index in [-0.39, 0.29) is 10.9 Å². The van der Waals surface area contributed by atoms with Gasteiger partial charge < -0.3 is 11.1 Å². The van der Waals surface area contributed by atoms with Gasteiger partial charge >= 0.3 is 0 Å². The van der Waals surface area contributed by atoms with Crippen LogP contribution in [0.15, 0.2) is 36.4 Å². The van der Waals surface area contributed by atoms with Gasteiger partial charge in [-0.2, -0.15) is 5.10 Å². The van der Waals surface area contributed by atoms with Crippen LogP contribution in [-0.4, -0.2) is 20.7 Å². The fourth-order valence-corrected chi connectivity index (χ4v) is 2.26. The zero-order valence-corrected chi connectivity index (χ0v) is 12.1. The molecule has 5 nitrogen and oxygen atoms in total. The lowest BCUT2D eigenvalue weighted by molar-refractivity contribution is -0.116. The number of hydrogen-bond acceptors (Lipinski definition) is 3. The highest BCUT2D eigenvalue weighted by Gasteiger charge is 2.24. The minimum Gasteiger partial charge on any atom is -0.392 e. The van der Waals surface area contributed by atoms with Gasteiger partial charge in [-0.05, 0) is 12.5 Å². The lowest BCUT2D eigenvalue weighted by Gasteiger charge is -2.15. The first-order valence-electron chi connectivity index (χ1n) is 6.15. The first-order chi connectivity index (χ1) is 9.49. The number of amides is 1. The topological polar surface area (TPSA) is 72.9 Å². The molecule has 1 heterocycles. The van der Waals surface area contributed by atoms with Crippen molar-refractivity contribution in [1.29, 1.82) is 0 Å². The molecule has 0 aliphatic rings. The standard InChI is InChI=1S/C14H16N4OS/c1-9-8-11(18(2)17-9)16-14(19)12(13(15)20)10-6-4-3-5-7-10/h3-8,12H,1-2H3,(H2,15,20)(H,16,19). The van der Waals surface area contributed by atoms with Crippen LogP contribution in [0.5, 0.6) is 0 Å². The van der Waals surface area contributed by atoms with Crippen LogP contribution in [0.2, 0.25) is 0 Å². The number of anilines is 1. The van der Waals surface area contributed by atoms with Crippen molar-refractivity contribution in [3.8, 4) is 0 Å². The lowest BCUT2D eigenvalue weighted by atomic mass is 9.98. The van der Waals surface area contributed by atoms with E-state index in [0.717, 1.165) is 11.3 Å². The highest BCUT2D eigenvalue weighted by molar-refractivity contribution is 7.80. The molecule has 0 aliphatic carbocycles. The number of rotatable bonds is 4. The number of hydrogen-bond donors (Lipinski definition) is 2. The van der Waals surface area contributed by atoms with E-state index in [2.05, 4.69) is 10.4 Å². The molecule has 0 saturated heterocycles. The predicted molar refractivity (Wildman–Crippen MR) is 82.5 cm³/mol. The second-order valence-electron chi connectivity index (χ2n) is 4.53. The molecule has 0 saturated carbocycles. The van der Waals surface area contributed by atoms with Crippen LogP contribution in [0.1, 0.15) is 17.2 Å². The van der Waals surface area contributed by atoms with Crippen LogP contribution in [-0.2, 0) is 11.8 Å². The maximum Gasteiger partial charge on any atom is 0.239 e. The van der Waals surface area contributed by atoms with Crippen molar-refractivity contribution in [2.24, 2.45) is 12.8 Å². The Bertz CT molecular complexity index is 636. The second kappa shape index (κ2) is 5.83. The molecule has 0 spiro atoms. The lowest BCUT2D eigenvalue weighted by Crippen LogP contribution is -2.31. The molecule has 3 N–H and O–H groups in total. The number of nitrogens with two attached hydrogens (primary N) is 1. The normalized spacial score (nSPS) is 11.9. The number of nitrogens with zero attached hydrogens (tertiary/aromatic N) is 2. The van der Waals surface area contributed by atoms with Gasteiger partial charge in [0.1, 0.15) is 11.7 Å². The maximum atomic E-state index is 12.4. The van der Waals surface area contributed by atoms with Gasteiger partial charge in [0.2, 0.25) is 5.91 Å². The fraction of sp³-hybridized carbons (Fsp3) is 0.214. The van der Waals surface area contributed by atoms with E-state index >= 15 is 0 Å². The SMILES string of the molecule is Cc1cc(NC(=O)C(C(N)=S)c2ccccc2)n(C)n1. The molecule has 104 valence electrons. The van der Waals surface area contributed by atoms with Crippen LogP contribution in [0.4, 0.5) is 5.82 Å². The first kappa shape index (κ1) is 14.2. The molecule has 0 fully saturated rings. The summed E-state index contributed by atoms with van der Waals surface area (Å²) in [6.07, 6.45) is 0. The molecule has 2 rings (SSSR count). The highest BCUT2D eigenvalue weighted by Crippen LogP contribution is 2.19. The van der Waals surface area contributed by atoms with Gasteiger partial charge in [-0.25, -0.2) is 0 Å². The van der Waals surface area contributed by atoms with Crippen molar-refractivity contribution in [2.45, 2.75) is 12.8 Å². The summed E-state index contributed by atoms with van der Waals surface area (Å²) in [5.74, 6) is -0.294. The number of aromatic nitrogens is 2. The van der Waals surface area contributed by atoms with Crippen LogP contribution < -0.4 is 11.1 Å². The average Bonchev–Trinajstić information content (AvgIpc) is 2.68. The average molecular weight is 288 g/mol. The number of nitrogens with one attached hydrogen (secondary N) is 1. The third-order valence-corrected chi connectivity index (χ3v) is 3.17. The summed E-state index contributed by atoms with van der Waals surface area (Å²) in [6.45, 7) is 1.86. The van der Waals surface area contributed by atoms with E-state index in [4.69, 9.17) is 18.0 Å². The number of carbonyl (C=O) groups is 1. The second-order valence-corrected chi connectivity index (χ2v) is 5.00. The molecule has 0 radical (unpaired) electrons. The van der Waals surface area contributed by atoms with E-state index in [0.29, 0.717) is 5.82 Å². The Morgan fingerprint density at radius 1 is 1.40 bits per heavy atom. The Kier molecular flexibility index (Phi) is 4.14. The summed E-state index contributed by atoms with van der Waals surface area (Å²) in [7, 11) is 1.76. The summed E-state index contributed by atoms with van der Waals surface area (Å²) in [6, 6.07) is 11.0. The zero-order chi connectivity index (χ0) is 14.7. The van der Waals surface area contributed by atoms with E-state index in [9.17, 15) is 4.79 Å². The molecule has 20 heavy (non-hydrogen) atoms. The van der Waals surface area contributed by atoms with Gasteiger partial charge in [-0.3, -0.25) is 9.48 Å². The zero-order valence-electron chi connectivity index (χ0n) is 11.3. The van der Waals surface area contributed by atoms with Crippen molar-refractivity contribution in [3.05, 3.63) is 47.7 Å². The van der Waals surface area contributed by atoms with E-state index in [1.54, 1.807) is 17.8 Å². The van der Waals surface area contributed by atoms with Crippen LogP contribution >= 0.6 is 12.2 Å². The summed E-state index contributed by atoms with van der Waals surface area (Å²) in [4.78, 5) is 12.5. The smallest absolute Gasteiger partial charge is 0.239 e. The Morgan fingerprint density at radius 3 is 2.55 bits per heavy atom. The molecule has 1 aromatic carbocycles. The minimum atomic E-state index is -0.651. The van der Waals surface area contributed by atoms with E-state index in [1.165, 1.54) is 0 Å². The summed E-state index contributed by atoms with van der Waals surface area (Å²) >= 11 is 5.02. The summed E-state index contributed by atoms with van der Waals surface area (Å²) < 4.78 is 1.61. The molecule has 1 amide bonds. The largest absolute Gasteiger partial charge is 0.392 e. The molecule has 1 atom stereocenters. The Labute approximate surface area is 122 Å². The Hall–Kier alpha value is -2.21. The Balaban J connectivity index is 2.25. The van der Waals surface area contributed by atoms with Gasteiger partial charge in [0.25, 0.3) is 0 Å². The Morgan fingerprint density at radius 2 is 2.05 bits per heavy atom. The summed E-state index contributed by atoms with van der Waals surface area (Å²) in [5, 5.41) is 6.98. The monoisotopic (exact) mass is 288 g/mol. The quantitative estimate of drug-likeness (QED) is 0.841. The van der Waals surface area contributed by atoms with Crippen molar-refractivity contribution in [1.82, 2.24) is 9.78 Å². The highest BCUT2D eigenvalue weighted by atomic mass is 32.1. The number of thiocarbonyl (C=S) groups is 1. The van der Waals surface area contributed by atoms with Crippen molar-refractivity contribution < 1.29 is 4.79 Å². The molecule has 1 aromatic heterocycles. The van der Waals surface area contributed by atoms with Gasteiger partial charge in [0, 0.05) is 13.1 Å². The van der Waals surface area contributed by atoms with Crippen molar-refractivity contribution in [3.63, 3.8) is 0 Å². The number of aryl methyl sites for hydroxylation is 2. The van der Waals surface area contributed by atoms with Gasteiger partial charge in [-0.15, -0.1) is 0 Å². The van der Waals surface area contributed by atoms with Crippen LogP contribution in [0.25, 0.3) is 0 Å². The van der Waals surface area contributed by atoms with Crippen LogP contribution in [0.3, 0.4) is 0 Å². The van der Waals surface area contributed by atoms with E-state index < -0.39 is 5.92 Å². The number of benzene rings is 1. The van der Waals surface area contributed by atoms with Gasteiger partial charge in [0.15, 0.2) is 0 Å². The molecule has 2 aromatic rings. The maximum absolute atomic E-state index is 12.4. The first-order valence-corrected chi connectivity index (χ1v) is 6.55. The molecular weight excluding hydrogens is 272 g/mol. The predicted octanol–water partition coefficient (Wildman–Crippen LogP) is 1.74. The van der Waals surface area contributed by atoms with Crippen LogP contribution in [0, 0.1) is 6.92 Å².